The van der Waals surface area contributed by atoms with Crippen LogP contribution in [0.25, 0.3) is 22.3 Å². The van der Waals surface area contributed by atoms with Crippen molar-refractivity contribution in [2.45, 2.75) is 30.7 Å². The Bertz CT molecular complexity index is 1150. The number of methoxy groups -OCH3 is 1. The lowest BCUT2D eigenvalue weighted by Gasteiger charge is -2.39. The summed E-state index contributed by atoms with van der Waals surface area (Å²) in [4.78, 5) is 13.0. The number of aliphatic hydroxyl groups is 4. The maximum atomic E-state index is 13.0. The molecule has 1 fully saturated rings. The van der Waals surface area contributed by atoms with Gasteiger partial charge < -0.3 is 44.2 Å². The number of ether oxygens (including phenoxy) is 3. The molecule has 1 aliphatic heterocycles. The molecule has 32 heavy (non-hydrogen) atoms. The molecule has 0 bridgehead atoms. The average molecular weight is 446 g/mol. The van der Waals surface area contributed by atoms with Gasteiger partial charge in [-0.15, -0.1) is 0 Å². The summed E-state index contributed by atoms with van der Waals surface area (Å²) < 4.78 is 22.2. The second-order valence-electron chi connectivity index (χ2n) is 7.34. The third-order valence-corrected chi connectivity index (χ3v) is 5.25. The van der Waals surface area contributed by atoms with Crippen LogP contribution in [0.4, 0.5) is 0 Å². The Hall–Kier alpha value is -3.15. The summed E-state index contributed by atoms with van der Waals surface area (Å²) in [5.74, 6) is 0.543. The van der Waals surface area contributed by atoms with Crippen molar-refractivity contribution in [2.24, 2.45) is 0 Å². The Morgan fingerprint density at radius 1 is 1.00 bits per heavy atom. The molecule has 0 aliphatic carbocycles. The molecule has 0 saturated carbocycles. The zero-order valence-corrected chi connectivity index (χ0v) is 16.9. The Labute approximate surface area is 181 Å². The van der Waals surface area contributed by atoms with Gasteiger partial charge in [0.05, 0.1) is 13.7 Å². The largest absolute Gasteiger partial charge is 0.508 e. The molecular formula is C22H22O10. The van der Waals surface area contributed by atoms with Crippen LogP contribution in [0.3, 0.4) is 0 Å². The Kier molecular flexibility index (Phi) is 6.04. The van der Waals surface area contributed by atoms with E-state index in [2.05, 4.69) is 0 Å². The van der Waals surface area contributed by atoms with Crippen LogP contribution in [0.2, 0.25) is 0 Å². The molecular weight excluding hydrogens is 424 g/mol. The molecule has 1 aromatic heterocycles. The molecule has 10 heteroatoms. The summed E-state index contributed by atoms with van der Waals surface area (Å²) in [6.45, 7) is -0.623. The van der Waals surface area contributed by atoms with E-state index in [-0.39, 0.29) is 34.0 Å². The van der Waals surface area contributed by atoms with E-state index in [4.69, 9.17) is 18.6 Å². The molecule has 10 nitrogen and oxygen atoms in total. The number of aromatic hydroxyl groups is 1. The minimum absolute atomic E-state index is 0.0327. The first-order valence-corrected chi connectivity index (χ1v) is 9.75. The lowest BCUT2D eigenvalue weighted by molar-refractivity contribution is -0.277. The van der Waals surface area contributed by atoms with Crippen molar-refractivity contribution in [3.05, 3.63) is 52.7 Å². The highest BCUT2D eigenvalue weighted by Gasteiger charge is 2.45. The van der Waals surface area contributed by atoms with E-state index >= 15 is 0 Å². The fourth-order valence-corrected chi connectivity index (χ4v) is 3.50. The summed E-state index contributed by atoms with van der Waals surface area (Å²) >= 11 is 0. The monoisotopic (exact) mass is 446 g/mol. The van der Waals surface area contributed by atoms with Gasteiger partial charge in [-0.3, -0.25) is 4.79 Å². The molecule has 0 amide bonds. The van der Waals surface area contributed by atoms with Crippen LogP contribution >= 0.6 is 0 Å². The van der Waals surface area contributed by atoms with Crippen LogP contribution < -0.4 is 14.9 Å². The summed E-state index contributed by atoms with van der Waals surface area (Å²) in [5, 5.41) is 49.1. The highest BCUT2D eigenvalue weighted by atomic mass is 16.7. The normalized spacial score (nSPS) is 25.6. The van der Waals surface area contributed by atoms with E-state index in [0.29, 0.717) is 5.56 Å². The highest BCUT2D eigenvalue weighted by molar-refractivity contribution is 5.86. The zero-order valence-electron chi connectivity index (χ0n) is 16.9. The van der Waals surface area contributed by atoms with Gasteiger partial charge in [-0.1, -0.05) is 0 Å². The molecule has 2 heterocycles. The summed E-state index contributed by atoms with van der Waals surface area (Å²) in [7, 11) is 1.40. The van der Waals surface area contributed by atoms with Gasteiger partial charge in [0.25, 0.3) is 0 Å². The molecule has 170 valence electrons. The number of phenols is 1. The summed E-state index contributed by atoms with van der Waals surface area (Å²) in [6.07, 6.45) is -7.50. The minimum atomic E-state index is -1.66. The topological polar surface area (TPSA) is 159 Å². The first-order chi connectivity index (χ1) is 15.3. The van der Waals surface area contributed by atoms with Crippen molar-refractivity contribution in [3.63, 3.8) is 0 Å². The maximum Gasteiger partial charge on any atom is 0.229 e. The molecule has 3 aromatic rings. The summed E-state index contributed by atoms with van der Waals surface area (Å²) in [6, 6.07) is 10.2. The van der Waals surface area contributed by atoms with E-state index in [1.54, 1.807) is 12.1 Å². The van der Waals surface area contributed by atoms with E-state index in [9.17, 15) is 30.3 Å². The third kappa shape index (κ3) is 4.01. The predicted octanol–water partition coefficient (Wildman–Crippen LogP) is 0.353. The van der Waals surface area contributed by atoms with Crippen molar-refractivity contribution in [1.82, 2.24) is 0 Å². The number of rotatable bonds is 5. The van der Waals surface area contributed by atoms with Crippen LogP contribution in [0.15, 0.2) is 51.7 Å². The maximum absolute atomic E-state index is 13.0. The predicted molar refractivity (Wildman–Crippen MR) is 111 cm³/mol. The number of hydrogen-bond donors (Lipinski definition) is 5. The highest BCUT2D eigenvalue weighted by Crippen LogP contribution is 2.34. The Morgan fingerprint density at radius 2 is 1.72 bits per heavy atom. The van der Waals surface area contributed by atoms with Gasteiger partial charge in [0.2, 0.25) is 6.29 Å². The van der Waals surface area contributed by atoms with Crippen molar-refractivity contribution >= 4 is 11.0 Å². The molecule has 1 unspecified atom stereocenters. The minimum Gasteiger partial charge on any atom is -0.508 e. The van der Waals surface area contributed by atoms with Gasteiger partial charge in [0.15, 0.2) is 5.43 Å². The van der Waals surface area contributed by atoms with Crippen LogP contribution in [0, 0.1) is 0 Å². The average Bonchev–Trinajstić information content (AvgIpc) is 2.79. The smallest absolute Gasteiger partial charge is 0.229 e. The lowest BCUT2D eigenvalue weighted by atomic mass is 9.99. The van der Waals surface area contributed by atoms with E-state index in [1.807, 2.05) is 0 Å². The zero-order chi connectivity index (χ0) is 23.0. The molecule has 5 atom stereocenters. The van der Waals surface area contributed by atoms with Crippen LogP contribution in [0.1, 0.15) is 0 Å². The molecule has 0 spiro atoms. The van der Waals surface area contributed by atoms with Gasteiger partial charge in [-0.05, 0) is 24.3 Å². The fourth-order valence-electron chi connectivity index (χ4n) is 3.50. The Morgan fingerprint density at radius 3 is 2.38 bits per heavy atom. The van der Waals surface area contributed by atoms with Crippen molar-refractivity contribution < 1.29 is 44.2 Å². The lowest BCUT2D eigenvalue weighted by Crippen LogP contribution is -2.60. The second-order valence-corrected chi connectivity index (χ2v) is 7.34. The molecule has 1 aliphatic rings. The molecule has 4 rings (SSSR count). The van der Waals surface area contributed by atoms with Gasteiger partial charge in [0, 0.05) is 23.8 Å². The van der Waals surface area contributed by atoms with Crippen LogP contribution in [-0.2, 0) is 4.74 Å². The van der Waals surface area contributed by atoms with E-state index < -0.39 is 42.7 Å². The fraction of sp³-hybridized carbons (Fsp3) is 0.318. The van der Waals surface area contributed by atoms with Crippen molar-refractivity contribution in [2.75, 3.05) is 13.7 Å². The van der Waals surface area contributed by atoms with Gasteiger partial charge in [0.1, 0.15) is 58.4 Å². The number of benzene rings is 2. The van der Waals surface area contributed by atoms with Gasteiger partial charge in [-0.25, -0.2) is 0 Å². The van der Waals surface area contributed by atoms with Gasteiger partial charge in [-0.2, -0.15) is 0 Å². The molecule has 5 N–H and O–H groups in total. The van der Waals surface area contributed by atoms with Crippen LogP contribution in [0.5, 0.6) is 17.2 Å². The van der Waals surface area contributed by atoms with E-state index in [1.165, 1.54) is 37.4 Å². The number of hydrogen-bond acceptors (Lipinski definition) is 10. The van der Waals surface area contributed by atoms with Crippen LogP contribution in [-0.4, -0.2) is 70.0 Å². The van der Waals surface area contributed by atoms with Crippen molar-refractivity contribution in [3.8, 4) is 28.6 Å². The molecule has 0 radical (unpaired) electrons. The first kappa shape index (κ1) is 22.1. The standard InChI is InChI=1S/C22H22O10/c1-29-12-6-15-18(13(25)8-14(30-15)10-2-4-11(24)5-3-10)16(7-12)31-22-21(28)20(27)19(26)17(9-23)32-22/h2-8,17,19-24,26-28H,9H2,1H3/t17-,19-,20+,21-,22?/m1/s1. The second kappa shape index (κ2) is 8.77. The van der Waals surface area contributed by atoms with Crippen molar-refractivity contribution in [1.29, 1.82) is 0 Å². The number of fused-ring (bicyclic) bond motifs is 1. The number of aliphatic hydroxyl groups excluding tert-OH is 4. The molecule has 1 saturated heterocycles. The first-order valence-electron chi connectivity index (χ1n) is 9.75. The quantitative estimate of drug-likeness (QED) is 0.370. The SMILES string of the molecule is COc1cc(OC2O[C@H](CO)[C@@H](O)[C@H](O)[C@H]2O)c2c(=O)cc(-c3ccc(O)cc3)oc2c1. The van der Waals surface area contributed by atoms with Gasteiger partial charge >= 0.3 is 0 Å². The Balaban J connectivity index is 1.77. The third-order valence-electron chi connectivity index (χ3n) is 5.25. The molecule has 2 aromatic carbocycles. The summed E-state index contributed by atoms with van der Waals surface area (Å²) in [5.41, 5.74) is 0.220. The number of phenolic OH excluding ortho intramolecular Hbond substituents is 1. The van der Waals surface area contributed by atoms with E-state index in [0.717, 1.165) is 0 Å².